The summed E-state index contributed by atoms with van der Waals surface area (Å²) in [6.45, 7) is 1.49. The van der Waals surface area contributed by atoms with Crippen molar-refractivity contribution < 1.29 is 23.7 Å². The van der Waals surface area contributed by atoms with Crippen LogP contribution in [0, 0.1) is 0 Å². The molecule has 0 bridgehead atoms. The maximum atomic E-state index is 11.8. The lowest BCUT2D eigenvalue weighted by Crippen LogP contribution is -2.31. The van der Waals surface area contributed by atoms with Gasteiger partial charge in [0.2, 0.25) is 5.95 Å². The molecule has 1 fully saturated rings. The maximum absolute atomic E-state index is 11.8. The van der Waals surface area contributed by atoms with Gasteiger partial charge in [-0.05, 0) is 6.92 Å². The van der Waals surface area contributed by atoms with Gasteiger partial charge in [-0.3, -0.25) is 13.9 Å². The second kappa shape index (κ2) is 8.77. The first-order chi connectivity index (χ1) is 11.8. The van der Waals surface area contributed by atoms with Crippen LogP contribution in [0.4, 0.5) is 5.95 Å². The van der Waals surface area contributed by atoms with Crippen molar-refractivity contribution in [3.8, 4) is 0 Å². The van der Waals surface area contributed by atoms with Crippen molar-refractivity contribution in [3.63, 3.8) is 0 Å². The monoisotopic (exact) mass is 393 g/mol. The van der Waals surface area contributed by atoms with Crippen LogP contribution in [0.5, 0.6) is 0 Å². The number of methoxy groups -OCH3 is 1. The van der Waals surface area contributed by atoms with E-state index in [0.29, 0.717) is 6.42 Å². The summed E-state index contributed by atoms with van der Waals surface area (Å²) in [7, 11) is -1.45. The van der Waals surface area contributed by atoms with E-state index in [0.717, 1.165) is 0 Å². The Labute approximate surface area is 148 Å². The first kappa shape index (κ1) is 19.9. The van der Waals surface area contributed by atoms with Gasteiger partial charge < -0.3 is 20.1 Å². The Morgan fingerprint density at radius 3 is 3.04 bits per heavy atom. The number of esters is 1. The highest BCUT2D eigenvalue weighted by molar-refractivity contribution is 8.00. The molecule has 0 aromatic carbocycles. The SMILES string of the molecule is COC(=O)[C@H](C)N[PH](=O)OCC1S[C@@H](n2cnc(N)nc2=O)C[C@H]1O. The van der Waals surface area contributed by atoms with Gasteiger partial charge in [0.1, 0.15) is 12.4 Å². The average molecular weight is 393 g/mol. The molecule has 1 aliphatic rings. The van der Waals surface area contributed by atoms with Crippen LogP contribution in [0.15, 0.2) is 11.1 Å². The van der Waals surface area contributed by atoms with Crippen LogP contribution in [-0.4, -0.2) is 56.7 Å². The van der Waals surface area contributed by atoms with Gasteiger partial charge in [0.25, 0.3) is 8.18 Å². The first-order valence-electron chi connectivity index (χ1n) is 7.37. The zero-order valence-electron chi connectivity index (χ0n) is 13.6. The summed E-state index contributed by atoms with van der Waals surface area (Å²) >= 11 is 1.29. The van der Waals surface area contributed by atoms with Crippen molar-refractivity contribution in [2.45, 2.75) is 36.1 Å². The molecular formula is C12H20N5O6PS. The summed E-state index contributed by atoms with van der Waals surface area (Å²) in [5, 5.41) is 11.9. The zero-order chi connectivity index (χ0) is 18.6. The summed E-state index contributed by atoms with van der Waals surface area (Å²) in [4.78, 5) is 30.4. The number of nitrogens with one attached hydrogen (secondary N) is 1. The molecule has 2 heterocycles. The number of aliphatic hydroxyl groups is 1. The van der Waals surface area contributed by atoms with Crippen LogP contribution in [0.25, 0.3) is 0 Å². The smallest absolute Gasteiger partial charge is 0.353 e. The van der Waals surface area contributed by atoms with E-state index in [4.69, 9.17) is 10.3 Å². The Bertz CT molecular complexity index is 703. The number of carbonyl (C=O) groups is 1. The number of aliphatic hydroxyl groups excluding tert-OH is 1. The third-order valence-electron chi connectivity index (χ3n) is 3.53. The summed E-state index contributed by atoms with van der Waals surface area (Å²) in [6.07, 6.45) is 0.812. The molecule has 0 saturated carbocycles. The summed E-state index contributed by atoms with van der Waals surface area (Å²) in [5.41, 5.74) is 4.80. The number of rotatable bonds is 7. The van der Waals surface area contributed by atoms with E-state index >= 15 is 0 Å². The van der Waals surface area contributed by atoms with E-state index in [9.17, 15) is 19.3 Å². The van der Waals surface area contributed by atoms with Crippen molar-refractivity contribution in [1.82, 2.24) is 19.6 Å². The number of aromatic nitrogens is 3. The molecule has 1 aliphatic heterocycles. The highest BCUT2D eigenvalue weighted by Gasteiger charge is 2.36. The van der Waals surface area contributed by atoms with Crippen LogP contribution >= 0.6 is 19.9 Å². The van der Waals surface area contributed by atoms with Gasteiger partial charge in [0.05, 0.1) is 30.4 Å². The standard InChI is InChI=1S/C12H20N5O6PS/c1-6(10(19)22-2)16-24(21)23-4-8-7(18)3-9(25-8)17-5-14-11(13)15-12(17)20/h5-9,18,24H,3-4H2,1-2H3,(H,16,21)(H2,13,15,20)/t6-,7+,8?,9+/m0/s1. The molecule has 25 heavy (non-hydrogen) atoms. The largest absolute Gasteiger partial charge is 0.468 e. The van der Waals surface area contributed by atoms with E-state index < -0.39 is 37.2 Å². The van der Waals surface area contributed by atoms with Crippen LogP contribution in [0.1, 0.15) is 18.7 Å². The number of carbonyl (C=O) groups excluding carboxylic acids is 1. The van der Waals surface area contributed by atoms with E-state index in [2.05, 4.69) is 19.8 Å². The predicted molar refractivity (Wildman–Crippen MR) is 91.3 cm³/mol. The Kier molecular flexibility index (Phi) is 6.96. The van der Waals surface area contributed by atoms with Crippen LogP contribution in [0.3, 0.4) is 0 Å². The molecule has 0 aliphatic carbocycles. The third-order valence-corrected chi connectivity index (χ3v) is 6.16. The fourth-order valence-corrected chi connectivity index (χ4v) is 4.63. The van der Waals surface area contributed by atoms with Gasteiger partial charge in [-0.15, -0.1) is 11.8 Å². The van der Waals surface area contributed by atoms with Crippen molar-refractivity contribution in [1.29, 1.82) is 0 Å². The highest BCUT2D eigenvalue weighted by atomic mass is 32.2. The molecule has 2 rings (SSSR count). The zero-order valence-corrected chi connectivity index (χ0v) is 15.4. The lowest BCUT2D eigenvalue weighted by Gasteiger charge is -2.16. The van der Waals surface area contributed by atoms with Gasteiger partial charge in [0.15, 0.2) is 0 Å². The number of anilines is 1. The minimum absolute atomic E-state index is 0.00833. The minimum Gasteiger partial charge on any atom is -0.468 e. The number of ether oxygens (including phenoxy) is 1. The molecule has 0 radical (unpaired) electrons. The lowest BCUT2D eigenvalue weighted by atomic mass is 10.2. The molecule has 2 unspecified atom stereocenters. The Morgan fingerprint density at radius 2 is 2.40 bits per heavy atom. The predicted octanol–water partition coefficient (Wildman–Crippen LogP) is -0.857. The van der Waals surface area contributed by atoms with Gasteiger partial charge >= 0.3 is 11.7 Å². The maximum Gasteiger partial charge on any atom is 0.353 e. The third kappa shape index (κ3) is 5.25. The number of nitrogens with zero attached hydrogens (tertiary/aromatic N) is 3. The van der Waals surface area contributed by atoms with Gasteiger partial charge in [-0.2, -0.15) is 4.98 Å². The molecule has 0 amide bonds. The Hall–Kier alpha value is -1.46. The number of nitrogen functional groups attached to an aromatic ring is 1. The number of hydrogen-bond donors (Lipinski definition) is 3. The molecule has 5 atom stereocenters. The number of thioether (sulfide) groups is 1. The molecule has 1 aromatic heterocycles. The van der Waals surface area contributed by atoms with Crippen molar-refractivity contribution in [3.05, 3.63) is 16.8 Å². The molecule has 11 nitrogen and oxygen atoms in total. The molecule has 4 N–H and O–H groups in total. The van der Waals surface area contributed by atoms with Crippen molar-refractivity contribution in [2.24, 2.45) is 0 Å². The molecule has 0 spiro atoms. The normalized spacial score (nSPS) is 25.5. The van der Waals surface area contributed by atoms with E-state index in [1.807, 2.05) is 0 Å². The van der Waals surface area contributed by atoms with E-state index in [1.54, 1.807) is 0 Å². The second-order valence-corrected chi connectivity index (χ2v) is 7.90. The van der Waals surface area contributed by atoms with Crippen molar-refractivity contribution in [2.75, 3.05) is 19.5 Å². The Morgan fingerprint density at radius 1 is 1.68 bits per heavy atom. The molecule has 13 heteroatoms. The topological polar surface area (TPSA) is 159 Å². The molecule has 1 saturated heterocycles. The fraction of sp³-hybridized carbons (Fsp3) is 0.667. The van der Waals surface area contributed by atoms with Gasteiger partial charge in [-0.1, -0.05) is 0 Å². The molecular weight excluding hydrogens is 373 g/mol. The second-order valence-electron chi connectivity index (χ2n) is 5.32. The average Bonchev–Trinajstić information content (AvgIpc) is 2.92. The lowest BCUT2D eigenvalue weighted by molar-refractivity contribution is -0.142. The first-order valence-corrected chi connectivity index (χ1v) is 9.63. The van der Waals surface area contributed by atoms with E-state index in [-0.39, 0.29) is 17.9 Å². The van der Waals surface area contributed by atoms with Gasteiger partial charge in [0, 0.05) is 6.42 Å². The van der Waals surface area contributed by atoms with Crippen molar-refractivity contribution >= 4 is 31.9 Å². The molecule has 140 valence electrons. The number of hydrogen-bond acceptors (Lipinski definition) is 10. The summed E-state index contributed by atoms with van der Waals surface area (Å²) in [5.74, 6) is -0.672. The van der Waals surface area contributed by atoms with Crippen LogP contribution in [0.2, 0.25) is 0 Å². The van der Waals surface area contributed by atoms with Crippen LogP contribution < -0.4 is 16.5 Å². The Balaban J connectivity index is 1.88. The van der Waals surface area contributed by atoms with Gasteiger partial charge in [-0.25, -0.2) is 14.9 Å². The van der Waals surface area contributed by atoms with Crippen LogP contribution in [-0.2, 0) is 18.6 Å². The quantitative estimate of drug-likeness (QED) is 0.391. The number of nitrogens with two attached hydrogens (primary N) is 1. The minimum atomic E-state index is -2.68. The highest BCUT2D eigenvalue weighted by Crippen LogP contribution is 2.41. The summed E-state index contributed by atoms with van der Waals surface area (Å²) in [6, 6.07) is -0.768. The fourth-order valence-electron chi connectivity index (χ4n) is 2.20. The summed E-state index contributed by atoms with van der Waals surface area (Å²) < 4.78 is 22.8. The van der Waals surface area contributed by atoms with E-state index in [1.165, 1.54) is 36.7 Å². The molecule has 1 aromatic rings.